The van der Waals surface area contributed by atoms with Crippen molar-refractivity contribution in [2.24, 2.45) is 5.92 Å². The van der Waals surface area contributed by atoms with Crippen molar-refractivity contribution in [3.63, 3.8) is 0 Å². The number of carbonyl (C=O) groups is 3. The number of nitrogens with zero attached hydrogens (tertiary/aromatic N) is 2. The maximum absolute atomic E-state index is 13.0. The van der Waals surface area contributed by atoms with Crippen molar-refractivity contribution in [1.29, 1.82) is 0 Å². The van der Waals surface area contributed by atoms with Crippen LogP contribution in [0.5, 0.6) is 5.75 Å². The van der Waals surface area contributed by atoms with Gasteiger partial charge in [0, 0.05) is 19.0 Å². The van der Waals surface area contributed by atoms with Gasteiger partial charge in [0.2, 0.25) is 5.91 Å². The number of carboxylic acid groups (broad SMARTS) is 1. The molecule has 144 valence electrons. The first-order valence-corrected chi connectivity index (χ1v) is 9.62. The normalized spacial score (nSPS) is 27.0. The largest absolute Gasteiger partial charge is 0.482 e. The Bertz CT molecular complexity index is 764. The number of benzene rings is 1. The molecule has 1 aliphatic carbocycles. The number of anilines is 1. The summed E-state index contributed by atoms with van der Waals surface area (Å²) >= 11 is 0. The summed E-state index contributed by atoms with van der Waals surface area (Å²) in [6.45, 7) is 0.190. The molecule has 1 aromatic rings. The Morgan fingerprint density at radius 1 is 1.19 bits per heavy atom. The minimum absolute atomic E-state index is 0.0278. The van der Waals surface area contributed by atoms with Crippen LogP contribution in [0.3, 0.4) is 0 Å². The number of para-hydroxylation sites is 2. The molecule has 4 rings (SSSR count). The number of rotatable bonds is 4. The van der Waals surface area contributed by atoms with Gasteiger partial charge in [0.05, 0.1) is 5.69 Å². The second-order valence-corrected chi connectivity index (χ2v) is 7.55. The van der Waals surface area contributed by atoms with E-state index in [-0.39, 0.29) is 43.3 Å². The van der Waals surface area contributed by atoms with Gasteiger partial charge in [-0.05, 0) is 37.3 Å². The summed E-state index contributed by atoms with van der Waals surface area (Å²) in [6, 6.07) is 6.54. The maximum atomic E-state index is 13.0. The van der Waals surface area contributed by atoms with E-state index in [1.165, 1.54) is 0 Å². The monoisotopic (exact) mass is 372 g/mol. The lowest BCUT2D eigenvalue weighted by molar-refractivity contribution is -0.149. The van der Waals surface area contributed by atoms with Crippen LogP contribution in [0.1, 0.15) is 38.5 Å². The maximum Gasteiger partial charge on any atom is 0.326 e. The average molecular weight is 372 g/mol. The highest BCUT2D eigenvalue weighted by Gasteiger charge is 2.47. The van der Waals surface area contributed by atoms with Crippen LogP contribution in [0.4, 0.5) is 5.69 Å². The predicted octanol–water partition coefficient (Wildman–Crippen LogP) is 2.05. The van der Waals surface area contributed by atoms with Gasteiger partial charge in [0.25, 0.3) is 5.91 Å². The van der Waals surface area contributed by atoms with E-state index in [9.17, 15) is 19.5 Å². The fourth-order valence-corrected chi connectivity index (χ4v) is 4.77. The SMILES string of the molecule is O=C(O)[C@@H]1C[C@@H]2CCCC[C@H]2N1C(=O)CCN1C(=O)COc2ccccc21. The molecule has 7 nitrogen and oxygen atoms in total. The first-order valence-electron chi connectivity index (χ1n) is 9.62. The number of fused-ring (bicyclic) bond motifs is 2. The molecule has 2 fully saturated rings. The Hall–Kier alpha value is -2.57. The zero-order chi connectivity index (χ0) is 19.0. The number of hydrogen-bond acceptors (Lipinski definition) is 4. The van der Waals surface area contributed by atoms with Gasteiger partial charge in [-0.1, -0.05) is 25.0 Å². The van der Waals surface area contributed by atoms with Gasteiger partial charge in [0.1, 0.15) is 11.8 Å². The van der Waals surface area contributed by atoms with Crippen LogP contribution in [-0.4, -0.2) is 53.0 Å². The van der Waals surface area contributed by atoms with E-state index in [1.807, 2.05) is 12.1 Å². The fourth-order valence-electron chi connectivity index (χ4n) is 4.77. The van der Waals surface area contributed by atoms with Crippen molar-refractivity contribution in [3.8, 4) is 5.75 Å². The van der Waals surface area contributed by atoms with Crippen molar-refractivity contribution < 1.29 is 24.2 Å². The van der Waals surface area contributed by atoms with Crippen LogP contribution in [0.25, 0.3) is 0 Å². The molecule has 1 aromatic carbocycles. The van der Waals surface area contributed by atoms with Gasteiger partial charge in [-0.15, -0.1) is 0 Å². The van der Waals surface area contributed by atoms with Gasteiger partial charge < -0.3 is 19.6 Å². The molecule has 1 saturated heterocycles. The van der Waals surface area contributed by atoms with E-state index >= 15 is 0 Å². The summed E-state index contributed by atoms with van der Waals surface area (Å²) in [5.74, 6) is -0.372. The zero-order valence-electron chi connectivity index (χ0n) is 15.2. The van der Waals surface area contributed by atoms with Crippen molar-refractivity contribution in [1.82, 2.24) is 4.90 Å². The van der Waals surface area contributed by atoms with E-state index in [0.29, 0.717) is 17.9 Å². The van der Waals surface area contributed by atoms with Crippen LogP contribution in [0.2, 0.25) is 0 Å². The summed E-state index contributed by atoms with van der Waals surface area (Å²) in [5.41, 5.74) is 0.660. The van der Waals surface area contributed by atoms with E-state index in [2.05, 4.69) is 0 Å². The molecule has 0 bridgehead atoms. The smallest absolute Gasteiger partial charge is 0.326 e. The predicted molar refractivity (Wildman–Crippen MR) is 97.5 cm³/mol. The van der Waals surface area contributed by atoms with E-state index in [0.717, 1.165) is 25.7 Å². The lowest BCUT2D eigenvalue weighted by Gasteiger charge is -2.34. The third-order valence-corrected chi connectivity index (χ3v) is 6.02. The van der Waals surface area contributed by atoms with E-state index in [4.69, 9.17) is 4.74 Å². The van der Waals surface area contributed by atoms with Crippen LogP contribution >= 0.6 is 0 Å². The van der Waals surface area contributed by atoms with Crippen LogP contribution < -0.4 is 9.64 Å². The molecule has 2 aliphatic heterocycles. The highest BCUT2D eigenvalue weighted by Crippen LogP contribution is 2.40. The quantitative estimate of drug-likeness (QED) is 0.874. The van der Waals surface area contributed by atoms with Crippen molar-refractivity contribution in [2.75, 3.05) is 18.1 Å². The first kappa shape index (κ1) is 17.8. The highest BCUT2D eigenvalue weighted by molar-refractivity contribution is 5.98. The Labute approximate surface area is 157 Å². The van der Waals surface area contributed by atoms with E-state index < -0.39 is 12.0 Å². The lowest BCUT2D eigenvalue weighted by Crippen LogP contribution is -2.48. The number of likely N-dealkylation sites (tertiary alicyclic amines) is 1. The molecule has 0 spiro atoms. The standard InChI is InChI=1S/C20H24N2O5/c23-18(22-14-6-2-1-5-13(14)11-16(22)20(25)26)9-10-21-15-7-3-4-8-17(15)27-12-19(21)24/h3-4,7-8,13-14,16H,1-2,5-6,9-12H2,(H,25,26)/t13-,14+,16-/m0/s1. The molecule has 1 saturated carbocycles. The molecule has 2 amide bonds. The van der Waals surface area contributed by atoms with Gasteiger partial charge in [-0.25, -0.2) is 4.79 Å². The Morgan fingerprint density at radius 2 is 1.96 bits per heavy atom. The van der Waals surface area contributed by atoms with Crippen LogP contribution in [0.15, 0.2) is 24.3 Å². The summed E-state index contributed by atoms with van der Waals surface area (Å²) < 4.78 is 5.43. The van der Waals surface area contributed by atoms with Gasteiger partial charge in [-0.3, -0.25) is 9.59 Å². The second-order valence-electron chi connectivity index (χ2n) is 7.55. The number of carboxylic acids is 1. The van der Waals surface area contributed by atoms with Gasteiger partial charge in [-0.2, -0.15) is 0 Å². The Balaban J connectivity index is 1.48. The summed E-state index contributed by atoms with van der Waals surface area (Å²) in [6.07, 6.45) is 4.67. The molecule has 3 aliphatic rings. The van der Waals surface area contributed by atoms with Crippen LogP contribution in [-0.2, 0) is 14.4 Å². The topological polar surface area (TPSA) is 87.2 Å². The molecule has 0 unspecified atom stereocenters. The number of hydrogen-bond donors (Lipinski definition) is 1. The molecule has 7 heteroatoms. The van der Waals surface area contributed by atoms with Gasteiger partial charge in [0.15, 0.2) is 6.61 Å². The third kappa shape index (κ3) is 3.26. The molecular formula is C20H24N2O5. The average Bonchev–Trinajstić information content (AvgIpc) is 3.07. The van der Waals surface area contributed by atoms with Crippen molar-refractivity contribution >= 4 is 23.5 Å². The molecule has 3 atom stereocenters. The molecule has 2 heterocycles. The molecule has 0 radical (unpaired) electrons. The molecule has 0 aromatic heterocycles. The van der Waals surface area contributed by atoms with Crippen LogP contribution in [0, 0.1) is 5.92 Å². The summed E-state index contributed by atoms with van der Waals surface area (Å²) in [5, 5.41) is 9.59. The summed E-state index contributed by atoms with van der Waals surface area (Å²) in [4.78, 5) is 40.1. The van der Waals surface area contributed by atoms with E-state index in [1.54, 1.807) is 21.9 Å². The number of carbonyl (C=O) groups excluding carboxylic acids is 2. The molecule has 27 heavy (non-hydrogen) atoms. The van der Waals surface area contributed by atoms with Crippen molar-refractivity contribution in [2.45, 2.75) is 50.6 Å². The Morgan fingerprint density at radius 3 is 2.78 bits per heavy atom. The Kier molecular flexibility index (Phi) is 4.76. The minimum Gasteiger partial charge on any atom is -0.482 e. The first-order chi connectivity index (χ1) is 13.1. The lowest BCUT2D eigenvalue weighted by atomic mass is 9.84. The number of aliphatic carboxylic acids is 1. The zero-order valence-corrected chi connectivity index (χ0v) is 15.2. The van der Waals surface area contributed by atoms with Crippen molar-refractivity contribution in [3.05, 3.63) is 24.3 Å². The third-order valence-electron chi connectivity index (χ3n) is 6.02. The minimum atomic E-state index is -0.925. The molecular weight excluding hydrogens is 348 g/mol. The summed E-state index contributed by atoms with van der Waals surface area (Å²) in [7, 11) is 0. The number of ether oxygens (including phenoxy) is 1. The van der Waals surface area contributed by atoms with Gasteiger partial charge >= 0.3 is 5.97 Å². The second kappa shape index (κ2) is 7.21. The fraction of sp³-hybridized carbons (Fsp3) is 0.550. The number of amides is 2. The highest BCUT2D eigenvalue weighted by atomic mass is 16.5. The molecule has 1 N–H and O–H groups in total.